The van der Waals surface area contributed by atoms with E-state index < -0.39 is 0 Å². The normalized spacial score (nSPS) is 12.8. The van der Waals surface area contributed by atoms with Gasteiger partial charge in [-0.2, -0.15) is 0 Å². The molecule has 0 saturated heterocycles. The molecule has 1 rings (SSSR count). The third kappa shape index (κ3) is 2.92. The molecule has 1 aromatic rings. The molecule has 0 aliphatic heterocycles. The van der Waals surface area contributed by atoms with Gasteiger partial charge in [0.05, 0.1) is 0 Å². The molecule has 1 aromatic carbocycles. The predicted molar refractivity (Wildman–Crippen MR) is 56.3 cm³/mol. The van der Waals surface area contributed by atoms with Crippen LogP contribution in [-0.4, -0.2) is 5.11 Å². The van der Waals surface area contributed by atoms with Crippen molar-refractivity contribution in [2.24, 2.45) is 5.92 Å². The highest BCUT2D eigenvalue weighted by Gasteiger charge is 2.06. The lowest BCUT2D eigenvalue weighted by atomic mass is 9.98. The highest BCUT2D eigenvalue weighted by Crippen LogP contribution is 2.24. The fourth-order valence-corrected chi connectivity index (χ4v) is 1.43. The van der Waals surface area contributed by atoms with Crippen LogP contribution in [0.1, 0.15) is 25.8 Å². The number of hydrogen-bond donors (Lipinski definition) is 1. The minimum atomic E-state index is 0.352. The molecule has 0 heterocycles. The second kappa shape index (κ2) is 4.52. The zero-order valence-electron chi connectivity index (χ0n) is 8.05. The van der Waals surface area contributed by atoms with Crippen molar-refractivity contribution in [1.29, 1.82) is 0 Å². The molecule has 1 N–H and O–H groups in total. The Morgan fingerprint density at radius 1 is 1.46 bits per heavy atom. The van der Waals surface area contributed by atoms with Gasteiger partial charge < -0.3 is 5.11 Å². The third-order valence-electron chi connectivity index (χ3n) is 2.31. The first kappa shape index (κ1) is 10.4. The lowest BCUT2D eigenvalue weighted by Gasteiger charge is -2.09. The Morgan fingerprint density at radius 3 is 2.77 bits per heavy atom. The van der Waals surface area contributed by atoms with E-state index in [1.165, 1.54) is 0 Å². The molecule has 0 bridgehead atoms. The lowest BCUT2D eigenvalue weighted by molar-refractivity contribution is 0.457. The van der Waals surface area contributed by atoms with Crippen LogP contribution in [0.25, 0.3) is 0 Å². The standard InChI is InChI=1S/C11H15ClO/c1-3-8(2)6-9-7-10(12)4-5-11(9)13/h4-5,7-8,13H,3,6H2,1-2H3. The summed E-state index contributed by atoms with van der Waals surface area (Å²) in [5.74, 6) is 0.939. The maximum atomic E-state index is 9.52. The molecule has 0 fully saturated rings. The second-order valence-electron chi connectivity index (χ2n) is 3.49. The van der Waals surface area contributed by atoms with Crippen LogP contribution in [0.3, 0.4) is 0 Å². The minimum Gasteiger partial charge on any atom is -0.508 e. The molecule has 0 radical (unpaired) electrons. The number of aromatic hydroxyl groups is 1. The Hall–Kier alpha value is -0.690. The van der Waals surface area contributed by atoms with Crippen molar-refractivity contribution in [3.05, 3.63) is 28.8 Å². The molecular weight excluding hydrogens is 184 g/mol. The number of benzene rings is 1. The predicted octanol–water partition coefficient (Wildman–Crippen LogP) is 3.63. The Morgan fingerprint density at radius 2 is 2.15 bits per heavy atom. The first-order valence-corrected chi connectivity index (χ1v) is 4.98. The van der Waals surface area contributed by atoms with Gasteiger partial charge in [0.15, 0.2) is 0 Å². The number of phenolic OH excluding ortho intramolecular Hbond substituents is 1. The van der Waals surface area contributed by atoms with E-state index in [4.69, 9.17) is 11.6 Å². The molecule has 0 saturated carbocycles. The molecule has 72 valence electrons. The first-order valence-electron chi connectivity index (χ1n) is 4.61. The highest BCUT2D eigenvalue weighted by atomic mass is 35.5. The van der Waals surface area contributed by atoms with Gasteiger partial charge in [0, 0.05) is 5.02 Å². The molecule has 1 nitrogen and oxygen atoms in total. The summed E-state index contributed by atoms with van der Waals surface area (Å²) in [6, 6.07) is 5.19. The van der Waals surface area contributed by atoms with Gasteiger partial charge in [0.25, 0.3) is 0 Å². The summed E-state index contributed by atoms with van der Waals surface area (Å²) >= 11 is 5.83. The van der Waals surface area contributed by atoms with Crippen LogP contribution < -0.4 is 0 Å². The number of hydrogen-bond acceptors (Lipinski definition) is 1. The Balaban J connectivity index is 2.81. The van der Waals surface area contributed by atoms with Crippen molar-refractivity contribution in [3.63, 3.8) is 0 Å². The molecule has 0 aromatic heterocycles. The zero-order valence-corrected chi connectivity index (χ0v) is 8.80. The average molecular weight is 199 g/mol. The molecule has 1 unspecified atom stereocenters. The molecule has 0 aliphatic carbocycles. The van der Waals surface area contributed by atoms with E-state index in [1.807, 2.05) is 6.07 Å². The second-order valence-corrected chi connectivity index (χ2v) is 3.93. The van der Waals surface area contributed by atoms with Crippen molar-refractivity contribution in [3.8, 4) is 5.75 Å². The third-order valence-corrected chi connectivity index (χ3v) is 2.54. The molecule has 0 amide bonds. The quantitative estimate of drug-likeness (QED) is 0.787. The van der Waals surface area contributed by atoms with Crippen LogP contribution in [0.2, 0.25) is 5.02 Å². The van der Waals surface area contributed by atoms with Crippen molar-refractivity contribution >= 4 is 11.6 Å². The van der Waals surface area contributed by atoms with Gasteiger partial charge in [-0.05, 0) is 36.1 Å². The lowest BCUT2D eigenvalue weighted by Crippen LogP contribution is -1.97. The maximum absolute atomic E-state index is 9.52. The van der Waals surface area contributed by atoms with E-state index in [0.29, 0.717) is 16.7 Å². The van der Waals surface area contributed by atoms with E-state index in [2.05, 4.69) is 13.8 Å². The summed E-state index contributed by atoms with van der Waals surface area (Å²) in [6.07, 6.45) is 2.01. The number of halogens is 1. The van der Waals surface area contributed by atoms with Gasteiger partial charge >= 0.3 is 0 Å². The van der Waals surface area contributed by atoms with Crippen LogP contribution >= 0.6 is 11.6 Å². The summed E-state index contributed by atoms with van der Waals surface area (Å²) in [7, 11) is 0. The van der Waals surface area contributed by atoms with E-state index in [1.54, 1.807) is 12.1 Å². The summed E-state index contributed by atoms with van der Waals surface area (Å²) < 4.78 is 0. The highest BCUT2D eigenvalue weighted by molar-refractivity contribution is 6.30. The molecule has 13 heavy (non-hydrogen) atoms. The Labute approximate surface area is 84.4 Å². The fraction of sp³-hybridized carbons (Fsp3) is 0.455. The summed E-state index contributed by atoms with van der Waals surface area (Å²) in [6.45, 7) is 4.31. The molecule has 2 heteroatoms. The molecule has 1 atom stereocenters. The van der Waals surface area contributed by atoms with Crippen molar-refractivity contribution in [2.45, 2.75) is 26.7 Å². The summed E-state index contributed by atoms with van der Waals surface area (Å²) in [4.78, 5) is 0. The van der Waals surface area contributed by atoms with E-state index in [-0.39, 0.29) is 0 Å². The van der Waals surface area contributed by atoms with Crippen LogP contribution in [-0.2, 0) is 6.42 Å². The van der Waals surface area contributed by atoms with Crippen molar-refractivity contribution in [1.82, 2.24) is 0 Å². The van der Waals surface area contributed by atoms with Crippen molar-refractivity contribution < 1.29 is 5.11 Å². The van der Waals surface area contributed by atoms with Crippen LogP contribution in [0, 0.1) is 5.92 Å². The van der Waals surface area contributed by atoms with Crippen LogP contribution in [0.15, 0.2) is 18.2 Å². The molecule has 0 spiro atoms. The van der Waals surface area contributed by atoms with Gasteiger partial charge in [-0.3, -0.25) is 0 Å². The SMILES string of the molecule is CCC(C)Cc1cc(Cl)ccc1O. The fourth-order valence-electron chi connectivity index (χ4n) is 1.24. The Kier molecular flexibility index (Phi) is 3.61. The summed E-state index contributed by atoms with van der Waals surface area (Å²) in [5.41, 5.74) is 0.946. The van der Waals surface area contributed by atoms with E-state index in [9.17, 15) is 5.11 Å². The van der Waals surface area contributed by atoms with Gasteiger partial charge in [-0.25, -0.2) is 0 Å². The van der Waals surface area contributed by atoms with Crippen LogP contribution in [0.4, 0.5) is 0 Å². The van der Waals surface area contributed by atoms with Gasteiger partial charge in [0.1, 0.15) is 5.75 Å². The monoisotopic (exact) mass is 198 g/mol. The van der Waals surface area contributed by atoms with Gasteiger partial charge in [-0.1, -0.05) is 31.9 Å². The van der Waals surface area contributed by atoms with Gasteiger partial charge in [-0.15, -0.1) is 0 Å². The largest absolute Gasteiger partial charge is 0.508 e. The average Bonchev–Trinajstić information content (AvgIpc) is 2.11. The van der Waals surface area contributed by atoms with E-state index >= 15 is 0 Å². The topological polar surface area (TPSA) is 20.2 Å². The van der Waals surface area contributed by atoms with E-state index in [0.717, 1.165) is 18.4 Å². The van der Waals surface area contributed by atoms with Crippen molar-refractivity contribution in [2.75, 3.05) is 0 Å². The minimum absolute atomic E-state index is 0.352. The smallest absolute Gasteiger partial charge is 0.118 e. The first-order chi connectivity index (χ1) is 6.13. The molecular formula is C11H15ClO. The van der Waals surface area contributed by atoms with Crippen LogP contribution in [0.5, 0.6) is 5.75 Å². The summed E-state index contributed by atoms with van der Waals surface area (Å²) in [5, 5.41) is 10.2. The van der Waals surface area contributed by atoms with Gasteiger partial charge in [0.2, 0.25) is 0 Å². The Bertz CT molecular complexity index is 283. The number of phenols is 1. The maximum Gasteiger partial charge on any atom is 0.118 e. The zero-order chi connectivity index (χ0) is 9.84. The molecule has 0 aliphatic rings. The number of rotatable bonds is 3.